The molecule has 2 rings (SSSR count). The normalized spacial score (nSPS) is 19.3. The zero-order valence-electron chi connectivity index (χ0n) is 17.5. The summed E-state index contributed by atoms with van der Waals surface area (Å²) in [7, 11) is 0. The van der Waals surface area contributed by atoms with Gasteiger partial charge in [-0.05, 0) is 32.1 Å². The molecule has 0 radical (unpaired) electrons. The van der Waals surface area contributed by atoms with Crippen LogP contribution in [-0.2, 0) is 0 Å². The third-order valence-corrected chi connectivity index (χ3v) is 6.17. The van der Waals surface area contributed by atoms with Gasteiger partial charge >= 0.3 is 0 Å². The van der Waals surface area contributed by atoms with Crippen LogP contribution in [0.5, 0.6) is 0 Å². The molecular weight excluding hydrogens is 318 g/mol. The molecule has 0 heterocycles. The first-order valence-corrected chi connectivity index (χ1v) is 12.0. The molecule has 2 N–H and O–H groups in total. The predicted octanol–water partition coefficient (Wildman–Crippen LogP) is 6.33. The molecule has 0 saturated heterocycles. The fraction of sp³-hybridized carbons (Fsp3) is 0.957. The first-order valence-electron chi connectivity index (χ1n) is 12.0. The molecule has 0 bridgehead atoms. The van der Waals surface area contributed by atoms with E-state index in [-0.39, 0.29) is 0 Å². The Kier molecular flexibility index (Phi) is 11.9. The minimum absolute atomic E-state index is 0.650. The Morgan fingerprint density at radius 1 is 0.654 bits per heavy atom. The van der Waals surface area contributed by atoms with Crippen molar-refractivity contribution in [1.29, 1.82) is 0 Å². The maximum Gasteiger partial charge on any atom is 0.191 e. The van der Waals surface area contributed by atoms with E-state index >= 15 is 0 Å². The molecule has 0 aromatic heterocycles. The molecule has 2 saturated carbocycles. The summed E-state index contributed by atoms with van der Waals surface area (Å²) >= 11 is 0. The standard InChI is InChI=1S/C23H45N3/c1-2-3-4-5-6-7-8-15-20-24-23(25-21-16-11-9-12-17-21)26-22-18-13-10-14-19-22/h21-22H,2-20H2,1H3,(H2,24,25,26). The minimum Gasteiger partial charge on any atom is -0.354 e. The molecule has 3 nitrogen and oxygen atoms in total. The predicted molar refractivity (Wildman–Crippen MR) is 115 cm³/mol. The van der Waals surface area contributed by atoms with Gasteiger partial charge in [-0.1, -0.05) is 90.4 Å². The van der Waals surface area contributed by atoms with Crippen LogP contribution in [0.1, 0.15) is 122 Å². The summed E-state index contributed by atoms with van der Waals surface area (Å²) in [5, 5.41) is 7.53. The first-order chi connectivity index (χ1) is 12.9. The zero-order valence-corrected chi connectivity index (χ0v) is 17.5. The molecule has 0 unspecified atom stereocenters. The van der Waals surface area contributed by atoms with Crippen LogP contribution in [0.2, 0.25) is 0 Å². The van der Waals surface area contributed by atoms with E-state index in [1.165, 1.54) is 116 Å². The van der Waals surface area contributed by atoms with E-state index in [1.807, 2.05) is 0 Å². The lowest BCUT2D eigenvalue weighted by Gasteiger charge is -2.29. The summed E-state index contributed by atoms with van der Waals surface area (Å²) < 4.78 is 0. The average molecular weight is 364 g/mol. The lowest BCUT2D eigenvalue weighted by atomic mass is 9.95. The van der Waals surface area contributed by atoms with Crippen molar-refractivity contribution < 1.29 is 0 Å². The second-order valence-electron chi connectivity index (χ2n) is 8.66. The Hall–Kier alpha value is -0.730. The highest BCUT2D eigenvalue weighted by molar-refractivity contribution is 5.80. The summed E-state index contributed by atoms with van der Waals surface area (Å²) in [5.74, 6) is 1.12. The molecule has 0 spiro atoms. The maximum absolute atomic E-state index is 4.95. The summed E-state index contributed by atoms with van der Waals surface area (Å²) in [6.45, 7) is 3.28. The molecule has 2 fully saturated rings. The molecule has 0 atom stereocenters. The Morgan fingerprint density at radius 2 is 1.12 bits per heavy atom. The van der Waals surface area contributed by atoms with Crippen molar-refractivity contribution in [2.45, 2.75) is 135 Å². The van der Waals surface area contributed by atoms with E-state index in [1.54, 1.807) is 0 Å². The van der Waals surface area contributed by atoms with Gasteiger partial charge < -0.3 is 10.6 Å². The van der Waals surface area contributed by atoms with Crippen molar-refractivity contribution in [3.05, 3.63) is 0 Å². The van der Waals surface area contributed by atoms with E-state index in [2.05, 4.69) is 17.6 Å². The average Bonchev–Trinajstić information content (AvgIpc) is 2.68. The van der Waals surface area contributed by atoms with Crippen LogP contribution >= 0.6 is 0 Å². The molecule has 2 aliphatic rings. The largest absolute Gasteiger partial charge is 0.354 e. The van der Waals surface area contributed by atoms with Crippen molar-refractivity contribution in [3.63, 3.8) is 0 Å². The van der Waals surface area contributed by atoms with E-state index in [4.69, 9.17) is 4.99 Å². The SMILES string of the molecule is CCCCCCCCCCN=C(NC1CCCCC1)NC1CCCCC1. The third-order valence-electron chi connectivity index (χ3n) is 6.17. The molecule has 0 aliphatic heterocycles. The summed E-state index contributed by atoms with van der Waals surface area (Å²) in [6.07, 6.45) is 24.6. The molecule has 26 heavy (non-hydrogen) atoms. The van der Waals surface area contributed by atoms with Crippen LogP contribution in [0.25, 0.3) is 0 Å². The lowest BCUT2D eigenvalue weighted by molar-refractivity contribution is 0.388. The van der Waals surface area contributed by atoms with Gasteiger partial charge in [-0.2, -0.15) is 0 Å². The fourth-order valence-corrected chi connectivity index (χ4v) is 4.45. The van der Waals surface area contributed by atoms with Gasteiger partial charge in [0.2, 0.25) is 0 Å². The summed E-state index contributed by atoms with van der Waals surface area (Å²) in [5.41, 5.74) is 0. The number of hydrogen-bond acceptors (Lipinski definition) is 1. The number of nitrogens with one attached hydrogen (secondary N) is 2. The van der Waals surface area contributed by atoms with Gasteiger partial charge in [0.15, 0.2) is 5.96 Å². The van der Waals surface area contributed by atoms with Crippen molar-refractivity contribution in [2.24, 2.45) is 4.99 Å². The Balaban J connectivity index is 1.66. The molecule has 0 amide bonds. The first kappa shape index (κ1) is 21.6. The van der Waals surface area contributed by atoms with Gasteiger partial charge in [0, 0.05) is 18.6 Å². The Bertz CT molecular complexity index is 332. The van der Waals surface area contributed by atoms with Gasteiger partial charge in [-0.3, -0.25) is 4.99 Å². The van der Waals surface area contributed by atoms with Crippen LogP contribution in [0.15, 0.2) is 4.99 Å². The van der Waals surface area contributed by atoms with E-state index in [9.17, 15) is 0 Å². The smallest absolute Gasteiger partial charge is 0.191 e. The minimum atomic E-state index is 0.650. The maximum atomic E-state index is 4.95. The number of guanidine groups is 1. The van der Waals surface area contributed by atoms with Crippen LogP contribution in [-0.4, -0.2) is 24.6 Å². The fourth-order valence-electron chi connectivity index (χ4n) is 4.45. The zero-order chi connectivity index (χ0) is 18.3. The summed E-state index contributed by atoms with van der Waals surface area (Å²) in [4.78, 5) is 4.95. The second-order valence-corrected chi connectivity index (χ2v) is 8.66. The van der Waals surface area contributed by atoms with E-state index < -0.39 is 0 Å². The van der Waals surface area contributed by atoms with Gasteiger partial charge in [0.1, 0.15) is 0 Å². The highest BCUT2D eigenvalue weighted by Gasteiger charge is 2.18. The van der Waals surface area contributed by atoms with Crippen LogP contribution < -0.4 is 10.6 Å². The molecule has 0 aromatic rings. The van der Waals surface area contributed by atoms with Crippen LogP contribution in [0.4, 0.5) is 0 Å². The van der Waals surface area contributed by atoms with Crippen LogP contribution in [0.3, 0.4) is 0 Å². The third kappa shape index (κ3) is 9.83. The Morgan fingerprint density at radius 3 is 1.62 bits per heavy atom. The Labute approximate surface area is 163 Å². The summed E-state index contributed by atoms with van der Waals surface area (Å²) in [6, 6.07) is 1.30. The number of hydrogen-bond donors (Lipinski definition) is 2. The van der Waals surface area contributed by atoms with E-state index in [0.717, 1.165) is 12.5 Å². The molecule has 3 heteroatoms. The lowest BCUT2D eigenvalue weighted by Crippen LogP contribution is -2.48. The van der Waals surface area contributed by atoms with Crippen molar-refractivity contribution in [3.8, 4) is 0 Å². The quantitative estimate of drug-likeness (QED) is 0.256. The van der Waals surface area contributed by atoms with Crippen LogP contribution in [0, 0.1) is 0 Å². The van der Waals surface area contributed by atoms with Crippen molar-refractivity contribution in [2.75, 3.05) is 6.54 Å². The molecule has 2 aliphatic carbocycles. The highest BCUT2D eigenvalue weighted by atomic mass is 15.2. The van der Waals surface area contributed by atoms with E-state index in [0.29, 0.717) is 12.1 Å². The highest BCUT2D eigenvalue weighted by Crippen LogP contribution is 2.19. The van der Waals surface area contributed by atoms with Crippen molar-refractivity contribution in [1.82, 2.24) is 10.6 Å². The van der Waals surface area contributed by atoms with Gasteiger partial charge in [-0.25, -0.2) is 0 Å². The van der Waals surface area contributed by atoms with Gasteiger partial charge in [0.05, 0.1) is 0 Å². The topological polar surface area (TPSA) is 36.4 Å². The van der Waals surface area contributed by atoms with Gasteiger partial charge in [-0.15, -0.1) is 0 Å². The number of unbranched alkanes of at least 4 members (excludes halogenated alkanes) is 7. The molecule has 152 valence electrons. The molecule has 0 aromatic carbocycles. The second kappa shape index (κ2) is 14.3. The van der Waals surface area contributed by atoms with Gasteiger partial charge in [0.25, 0.3) is 0 Å². The number of nitrogens with zero attached hydrogens (tertiary/aromatic N) is 1. The number of rotatable bonds is 11. The number of aliphatic imine (C=N–C) groups is 1. The monoisotopic (exact) mass is 363 g/mol. The molecular formula is C23H45N3. The van der Waals surface area contributed by atoms with Crippen molar-refractivity contribution >= 4 is 5.96 Å².